The minimum Gasteiger partial charge on any atom is -0.392 e. The van der Waals surface area contributed by atoms with Gasteiger partial charge in [0.2, 0.25) is 5.13 Å². The fraction of sp³-hybridized carbons (Fsp3) is 0.750. The Morgan fingerprint density at radius 3 is 2.58 bits per heavy atom. The van der Waals surface area contributed by atoms with Gasteiger partial charge >= 0.3 is 0 Å². The average molecular weight is 299 g/mol. The van der Waals surface area contributed by atoms with Gasteiger partial charge in [0.1, 0.15) is 5.82 Å². The van der Waals surface area contributed by atoms with Crippen molar-refractivity contribution in [3.05, 3.63) is 5.82 Å². The van der Waals surface area contributed by atoms with Gasteiger partial charge in [0, 0.05) is 37.7 Å². The van der Waals surface area contributed by atoms with Gasteiger partial charge in [-0.05, 0) is 13.3 Å². The molecular weight excluding hydrogens is 278 g/mol. The first-order valence-electron chi connectivity index (χ1n) is 6.70. The summed E-state index contributed by atoms with van der Waals surface area (Å²) in [5, 5.41) is 1.03. The summed E-state index contributed by atoms with van der Waals surface area (Å²) < 4.78 is 4.24. The van der Waals surface area contributed by atoms with Gasteiger partial charge in [-0.25, -0.2) is 4.98 Å². The molecule has 1 unspecified atom stereocenters. The molecule has 1 aromatic rings. The molecule has 19 heavy (non-hydrogen) atoms. The number of nitrogens with two attached hydrogens (primary N) is 1. The molecule has 5 nitrogen and oxygen atoms in total. The summed E-state index contributed by atoms with van der Waals surface area (Å²) in [6, 6.07) is 0.248. The van der Waals surface area contributed by atoms with E-state index in [4.69, 9.17) is 18.0 Å². The Bertz CT molecular complexity index is 426. The molecular formula is C12H21N5S2. The summed E-state index contributed by atoms with van der Waals surface area (Å²) in [6.45, 7) is 8.02. The molecule has 1 saturated heterocycles. The summed E-state index contributed by atoms with van der Waals surface area (Å²) in [5.74, 6) is 0.856. The number of rotatable bonds is 5. The molecule has 1 aromatic heterocycles. The van der Waals surface area contributed by atoms with Crippen LogP contribution in [0.3, 0.4) is 0 Å². The second-order valence-corrected chi connectivity index (χ2v) is 6.06. The smallest absolute Gasteiger partial charge is 0.205 e. The van der Waals surface area contributed by atoms with Gasteiger partial charge in [-0.3, -0.25) is 4.90 Å². The molecule has 0 amide bonds. The maximum Gasteiger partial charge on any atom is 0.205 e. The maximum absolute atomic E-state index is 5.86. The predicted octanol–water partition coefficient (Wildman–Crippen LogP) is 1.42. The molecule has 1 fully saturated rings. The molecule has 1 atom stereocenters. The zero-order valence-electron chi connectivity index (χ0n) is 11.5. The van der Waals surface area contributed by atoms with Crippen molar-refractivity contribution in [1.29, 1.82) is 0 Å². The predicted molar refractivity (Wildman–Crippen MR) is 83.9 cm³/mol. The van der Waals surface area contributed by atoms with E-state index in [2.05, 4.69) is 26.1 Å². The Morgan fingerprint density at radius 2 is 2.11 bits per heavy atom. The molecule has 2 heterocycles. The summed E-state index contributed by atoms with van der Waals surface area (Å²) in [6.07, 6.45) is 2.16. The first kappa shape index (κ1) is 14.6. The Morgan fingerprint density at radius 1 is 1.42 bits per heavy atom. The monoisotopic (exact) mass is 299 g/mol. The maximum atomic E-state index is 5.86. The van der Waals surface area contributed by atoms with Crippen molar-refractivity contribution in [2.45, 2.75) is 32.7 Å². The van der Waals surface area contributed by atoms with Crippen molar-refractivity contribution in [3.63, 3.8) is 0 Å². The highest BCUT2D eigenvalue weighted by molar-refractivity contribution is 7.80. The largest absolute Gasteiger partial charge is 0.392 e. The average Bonchev–Trinajstić information content (AvgIpc) is 2.82. The molecule has 0 spiro atoms. The molecule has 2 N–H and O–H groups in total. The summed E-state index contributed by atoms with van der Waals surface area (Å²) >= 11 is 6.67. The van der Waals surface area contributed by atoms with E-state index in [0.29, 0.717) is 4.99 Å². The number of piperazine rings is 1. The van der Waals surface area contributed by atoms with E-state index in [9.17, 15) is 0 Å². The lowest BCUT2D eigenvalue weighted by atomic mass is 10.1. The Labute approximate surface area is 124 Å². The van der Waals surface area contributed by atoms with Crippen LogP contribution in [0.15, 0.2) is 0 Å². The Balaban J connectivity index is 1.92. The molecule has 0 aliphatic carbocycles. The van der Waals surface area contributed by atoms with E-state index in [0.717, 1.165) is 50.0 Å². The summed E-state index contributed by atoms with van der Waals surface area (Å²) in [7, 11) is 0. The standard InChI is InChI=1S/C12H21N5S2/c1-3-4-10(11(13)18)16-5-7-17(8-6-16)12-14-9(2)15-19-12/h10H,3-8H2,1-2H3,(H2,13,18). The highest BCUT2D eigenvalue weighted by atomic mass is 32.1. The van der Waals surface area contributed by atoms with Crippen molar-refractivity contribution in [2.24, 2.45) is 5.73 Å². The van der Waals surface area contributed by atoms with Gasteiger partial charge in [-0.2, -0.15) is 4.37 Å². The van der Waals surface area contributed by atoms with Gasteiger partial charge in [-0.15, -0.1) is 0 Å². The number of nitrogens with zero attached hydrogens (tertiary/aromatic N) is 4. The van der Waals surface area contributed by atoms with Crippen LogP contribution in [0.4, 0.5) is 5.13 Å². The van der Waals surface area contributed by atoms with Crippen molar-refractivity contribution in [1.82, 2.24) is 14.3 Å². The van der Waals surface area contributed by atoms with Crippen LogP contribution in [0, 0.1) is 6.92 Å². The third kappa shape index (κ3) is 3.61. The van der Waals surface area contributed by atoms with E-state index >= 15 is 0 Å². The van der Waals surface area contributed by atoms with Crippen molar-refractivity contribution in [3.8, 4) is 0 Å². The van der Waals surface area contributed by atoms with E-state index in [1.54, 1.807) is 0 Å². The topological polar surface area (TPSA) is 58.3 Å². The van der Waals surface area contributed by atoms with Crippen molar-refractivity contribution in [2.75, 3.05) is 31.1 Å². The Hall–Kier alpha value is -0.790. The van der Waals surface area contributed by atoms with Crippen LogP contribution in [0.5, 0.6) is 0 Å². The van der Waals surface area contributed by atoms with Gasteiger partial charge in [0.25, 0.3) is 0 Å². The van der Waals surface area contributed by atoms with Crippen molar-refractivity contribution < 1.29 is 0 Å². The molecule has 0 aromatic carbocycles. The number of aryl methyl sites for hydroxylation is 1. The highest BCUT2D eigenvalue weighted by Crippen LogP contribution is 2.20. The number of anilines is 1. The highest BCUT2D eigenvalue weighted by Gasteiger charge is 2.26. The fourth-order valence-corrected chi connectivity index (χ4v) is 3.41. The first-order valence-corrected chi connectivity index (χ1v) is 7.88. The summed E-state index contributed by atoms with van der Waals surface area (Å²) in [5.41, 5.74) is 5.86. The molecule has 2 rings (SSSR count). The Kier molecular flexibility index (Phi) is 5.06. The molecule has 7 heteroatoms. The molecule has 0 saturated carbocycles. The van der Waals surface area contributed by atoms with Crippen LogP contribution in [-0.2, 0) is 0 Å². The lowest BCUT2D eigenvalue weighted by Gasteiger charge is -2.38. The molecule has 0 bridgehead atoms. The zero-order chi connectivity index (χ0) is 13.8. The van der Waals surface area contributed by atoms with Gasteiger partial charge in [0.05, 0.1) is 11.0 Å². The quantitative estimate of drug-likeness (QED) is 0.830. The lowest BCUT2D eigenvalue weighted by Crippen LogP contribution is -2.53. The van der Waals surface area contributed by atoms with E-state index in [-0.39, 0.29) is 6.04 Å². The van der Waals surface area contributed by atoms with Crippen LogP contribution in [0.25, 0.3) is 0 Å². The number of hydrogen-bond acceptors (Lipinski definition) is 6. The number of thiocarbonyl (C=S) groups is 1. The second-order valence-electron chi connectivity index (χ2n) is 4.85. The fourth-order valence-electron chi connectivity index (χ4n) is 2.42. The third-order valence-corrected chi connectivity index (χ3v) is 4.57. The lowest BCUT2D eigenvalue weighted by molar-refractivity contribution is 0.219. The third-order valence-electron chi connectivity index (χ3n) is 3.43. The SMILES string of the molecule is CCCC(C(N)=S)N1CCN(c2nc(C)ns2)CC1. The number of hydrogen-bond donors (Lipinski definition) is 1. The van der Waals surface area contributed by atoms with Gasteiger partial charge < -0.3 is 10.6 Å². The normalized spacial score (nSPS) is 18.5. The molecule has 1 aliphatic rings. The van der Waals surface area contributed by atoms with Crippen LogP contribution in [-0.4, -0.2) is 51.5 Å². The minimum absolute atomic E-state index is 0.248. The minimum atomic E-state index is 0.248. The first-order chi connectivity index (χ1) is 9.11. The van der Waals surface area contributed by atoms with Crippen LogP contribution >= 0.6 is 23.8 Å². The number of aromatic nitrogens is 2. The van der Waals surface area contributed by atoms with Gasteiger partial charge in [-0.1, -0.05) is 25.6 Å². The van der Waals surface area contributed by atoms with E-state index in [1.807, 2.05) is 6.92 Å². The second kappa shape index (κ2) is 6.58. The van der Waals surface area contributed by atoms with Crippen LogP contribution in [0.1, 0.15) is 25.6 Å². The summed E-state index contributed by atoms with van der Waals surface area (Å²) in [4.78, 5) is 9.76. The van der Waals surface area contributed by atoms with E-state index in [1.165, 1.54) is 11.5 Å². The van der Waals surface area contributed by atoms with Gasteiger partial charge in [0.15, 0.2) is 0 Å². The van der Waals surface area contributed by atoms with E-state index < -0.39 is 0 Å². The van der Waals surface area contributed by atoms with Crippen LogP contribution in [0.2, 0.25) is 0 Å². The molecule has 1 aliphatic heterocycles. The molecule has 0 radical (unpaired) electrons. The zero-order valence-corrected chi connectivity index (χ0v) is 13.1. The van der Waals surface area contributed by atoms with Crippen LogP contribution < -0.4 is 10.6 Å². The molecule has 106 valence electrons. The van der Waals surface area contributed by atoms with Crippen molar-refractivity contribution >= 4 is 33.9 Å².